The molecule has 0 aromatic heterocycles. The highest BCUT2D eigenvalue weighted by atomic mass is 35.5. The Hall–Kier alpha value is -1.55. The molecule has 0 amide bonds. The molecule has 1 rings (SSSR count). The maximum atomic E-state index is 13.3. The van der Waals surface area contributed by atoms with Gasteiger partial charge in [-0.15, -0.1) is 0 Å². The molecule has 1 aromatic carbocycles. The van der Waals surface area contributed by atoms with Crippen LogP contribution in [0.25, 0.3) is 0 Å². The van der Waals surface area contributed by atoms with Crippen molar-refractivity contribution in [1.29, 1.82) is 0 Å². The third-order valence-corrected chi connectivity index (χ3v) is 2.21. The summed E-state index contributed by atoms with van der Waals surface area (Å²) >= 11 is 5.80. The second-order valence-corrected chi connectivity index (χ2v) is 3.54. The first-order valence-corrected chi connectivity index (χ1v) is 5.54. The molecule has 0 saturated carbocycles. The molecule has 0 fully saturated rings. The highest BCUT2D eigenvalue weighted by Gasteiger charge is 2.04. The molecule has 0 radical (unpaired) electrons. The molecule has 5 heteroatoms. The fraction of sp³-hybridized carbons (Fsp3) is 0.250. The van der Waals surface area contributed by atoms with Crippen LogP contribution in [-0.4, -0.2) is 19.1 Å². The SMILES string of the molecule is CCOC(=O)/C=C/CNc1c(F)cccc1Cl. The number of hydrogen-bond donors (Lipinski definition) is 1. The number of ether oxygens (including phenoxy) is 1. The zero-order valence-electron chi connectivity index (χ0n) is 9.37. The molecule has 0 aliphatic rings. The smallest absolute Gasteiger partial charge is 0.330 e. The Morgan fingerprint density at radius 2 is 2.35 bits per heavy atom. The quantitative estimate of drug-likeness (QED) is 0.651. The number of nitrogens with one attached hydrogen (secondary N) is 1. The summed E-state index contributed by atoms with van der Waals surface area (Å²) in [5.74, 6) is -0.851. The van der Waals surface area contributed by atoms with E-state index in [9.17, 15) is 9.18 Å². The van der Waals surface area contributed by atoms with Gasteiger partial charge in [0.25, 0.3) is 0 Å². The summed E-state index contributed by atoms with van der Waals surface area (Å²) in [7, 11) is 0. The Morgan fingerprint density at radius 3 is 3.00 bits per heavy atom. The molecule has 0 heterocycles. The van der Waals surface area contributed by atoms with Gasteiger partial charge < -0.3 is 10.1 Å². The number of esters is 1. The van der Waals surface area contributed by atoms with Crippen molar-refractivity contribution in [3.8, 4) is 0 Å². The fourth-order valence-electron chi connectivity index (χ4n) is 1.17. The average Bonchev–Trinajstić information content (AvgIpc) is 2.28. The zero-order valence-corrected chi connectivity index (χ0v) is 10.1. The predicted molar refractivity (Wildman–Crippen MR) is 65.7 cm³/mol. The van der Waals surface area contributed by atoms with Gasteiger partial charge >= 0.3 is 5.97 Å². The molecule has 3 nitrogen and oxygen atoms in total. The standard InChI is InChI=1S/C12H13ClFNO2/c1-2-17-11(16)7-4-8-15-12-9(13)5-3-6-10(12)14/h3-7,15H,2,8H2,1H3/b7-4+. The van der Waals surface area contributed by atoms with Gasteiger partial charge in [-0.1, -0.05) is 23.7 Å². The lowest BCUT2D eigenvalue weighted by atomic mass is 10.3. The topological polar surface area (TPSA) is 38.3 Å². The minimum Gasteiger partial charge on any atom is -0.463 e. The van der Waals surface area contributed by atoms with E-state index in [4.69, 9.17) is 11.6 Å². The van der Waals surface area contributed by atoms with Crippen molar-refractivity contribution in [2.45, 2.75) is 6.92 Å². The number of halogens is 2. The summed E-state index contributed by atoms with van der Waals surface area (Å²) in [6.45, 7) is 2.35. The van der Waals surface area contributed by atoms with Gasteiger partial charge in [0.15, 0.2) is 0 Å². The maximum absolute atomic E-state index is 13.3. The average molecular weight is 258 g/mol. The van der Waals surface area contributed by atoms with Gasteiger partial charge in [-0.05, 0) is 19.1 Å². The highest BCUT2D eigenvalue weighted by molar-refractivity contribution is 6.33. The monoisotopic (exact) mass is 257 g/mol. The van der Waals surface area contributed by atoms with E-state index in [1.54, 1.807) is 19.1 Å². The van der Waals surface area contributed by atoms with Crippen LogP contribution in [0.5, 0.6) is 0 Å². The van der Waals surface area contributed by atoms with Crippen LogP contribution in [0.4, 0.5) is 10.1 Å². The first-order valence-electron chi connectivity index (χ1n) is 5.16. The van der Waals surface area contributed by atoms with E-state index >= 15 is 0 Å². The van der Waals surface area contributed by atoms with E-state index in [1.807, 2.05) is 0 Å². The van der Waals surface area contributed by atoms with Gasteiger partial charge in [-0.25, -0.2) is 9.18 Å². The van der Waals surface area contributed by atoms with Gasteiger partial charge in [0, 0.05) is 12.6 Å². The number of para-hydroxylation sites is 1. The van der Waals surface area contributed by atoms with Crippen molar-refractivity contribution >= 4 is 23.3 Å². The number of carbonyl (C=O) groups is 1. The summed E-state index contributed by atoms with van der Waals surface area (Å²) in [6, 6.07) is 4.42. The van der Waals surface area contributed by atoms with Crippen molar-refractivity contribution in [1.82, 2.24) is 0 Å². The molecule has 17 heavy (non-hydrogen) atoms. The summed E-state index contributed by atoms with van der Waals surface area (Å²) in [4.78, 5) is 11.0. The lowest BCUT2D eigenvalue weighted by Crippen LogP contribution is -2.04. The molecule has 0 saturated heterocycles. The van der Waals surface area contributed by atoms with Crippen molar-refractivity contribution in [3.05, 3.63) is 41.2 Å². The maximum Gasteiger partial charge on any atom is 0.330 e. The van der Waals surface area contributed by atoms with Crippen LogP contribution in [0.1, 0.15) is 6.92 Å². The van der Waals surface area contributed by atoms with Gasteiger partial charge in [0.05, 0.1) is 17.3 Å². The Bertz CT molecular complexity index is 401. The van der Waals surface area contributed by atoms with Crippen molar-refractivity contribution in [3.63, 3.8) is 0 Å². The molecule has 1 N–H and O–H groups in total. The predicted octanol–water partition coefficient (Wildman–Crippen LogP) is 3.01. The van der Waals surface area contributed by atoms with E-state index in [0.29, 0.717) is 18.2 Å². The lowest BCUT2D eigenvalue weighted by Gasteiger charge is -2.06. The molecule has 1 aromatic rings. The van der Waals surface area contributed by atoms with Crippen molar-refractivity contribution in [2.24, 2.45) is 0 Å². The van der Waals surface area contributed by atoms with Crippen molar-refractivity contribution in [2.75, 3.05) is 18.5 Å². The summed E-state index contributed by atoms with van der Waals surface area (Å²) < 4.78 is 18.0. The minimum atomic E-state index is -0.429. The van der Waals surface area contributed by atoms with E-state index in [0.717, 1.165) is 0 Å². The molecule has 0 aliphatic heterocycles. The van der Waals surface area contributed by atoms with E-state index in [2.05, 4.69) is 10.1 Å². The molecular weight excluding hydrogens is 245 g/mol. The first-order chi connectivity index (χ1) is 8.15. The van der Waals surface area contributed by atoms with E-state index < -0.39 is 11.8 Å². The molecule has 0 spiro atoms. The molecule has 0 bridgehead atoms. The Kier molecular flexibility index (Phi) is 5.49. The number of anilines is 1. The van der Waals surface area contributed by atoms with Crippen LogP contribution in [0.15, 0.2) is 30.4 Å². The van der Waals surface area contributed by atoms with Gasteiger partial charge in [-0.2, -0.15) is 0 Å². The van der Waals surface area contributed by atoms with Crippen molar-refractivity contribution < 1.29 is 13.9 Å². The highest BCUT2D eigenvalue weighted by Crippen LogP contribution is 2.24. The summed E-state index contributed by atoms with van der Waals surface area (Å²) in [5.41, 5.74) is 0.225. The number of benzene rings is 1. The van der Waals surface area contributed by atoms with Gasteiger partial charge in [0.2, 0.25) is 0 Å². The van der Waals surface area contributed by atoms with E-state index in [-0.39, 0.29) is 5.69 Å². The van der Waals surface area contributed by atoms with Crippen LogP contribution < -0.4 is 5.32 Å². The van der Waals surface area contributed by atoms with Gasteiger partial charge in [0.1, 0.15) is 5.82 Å². The van der Waals surface area contributed by atoms with Crippen LogP contribution in [0.2, 0.25) is 5.02 Å². The molecule has 0 unspecified atom stereocenters. The fourth-order valence-corrected chi connectivity index (χ4v) is 1.40. The molecule has 92 valence electrons. The zero-order chi connectivity index (χ0) is 12.7. The normalized spacial score (nSPS) is 10.5. The second-order valence-electron chi connectivity index (χ2n) is 3.13. The first kappa shape index (κ1) is 13.5. The molecule has 0 aliphatic carbocycles. The third-order valence-electron chi connectivity index (χ3n) is 1.90. The summed E-state index contributed by atoms with van der Waals surface area (Å²) in [6.07, 6.45) is 2.83. The third kappa shape index (κ3) is 4.44. The number of rotatable bonds is 5. The van der Waals surface area contributed by atoms with Crippen LogP contribution in [0.3, 0.4) is 0 Å². The largest absolute Gasteiger partial charge is 0.463 e. The second kappa shape index (κ2) is 6.91. The van der Waals surface area contributed by atoms with Crippen LogP contribution >= 0.6 is 11.6 Å². The van der Waals surface area contributed by atoms with E-state index in [1.165, 1.54) is 18.2 Å². The molecule has 0 atom stereocenters. The number of hydrogen-bond acceptors (Lipinski definition) is 3. The Morgan fingerprint density at radius 1 is 1.59 bits per heavy atom. The van der Waals surface area contributed by atoms with Crippen LogP contribution in [0, 0.1) is 5.82 Å². The minimum absolute atomic E-state index is 0.225. The Balaban J connectivity index is 2.49. The Labute approximate surface area is 104 Å². The summed E-state index contributed by atoms with van der Waals surface area (Å²) in [5, 5.41) is 3.08. The van der Waals surface area contributed by atoms with Gasteiger partial charge in [-0.3, -0.25) is 0 Å². The van der Waals surface area contributed by atoms with Crippen LogP contribution in [-0.2, 0) is 9.53 Å². The lowest BCUT2D eigenvalue weighted by molar-refractivity contribution is -0.137. The molecular formula is C12H13ClFNO2. The number of carbonyl (C=O) groups excluding carboxylic acids is 1.